The number of anilines is 1. The normalized spacial score (nSPS) is 18.4. The van der Waals surface area contributed by atoms with Crippen LogP contribution in [0.1, 0.15) is 48.5 Å². The Morgan fingerprint density at radius 3 is 2.34 bits per heavy atom. The number of rotatable bonds is 10. The Bertz CT molecular complexity index is 890. The van der Waals surface area contributed by atoms with Crippen LogP contribution in [0.2, 0.25) is 0 Å². The van der Waals surface area contributed by atoms with Gasteiger partial charge in [-0.25, -0.2) is 0 Å². The molecular weight excluding hydrogens is 402 g/mol. The van der Waals surface area contributed by atoms with Gasteiger partial charge in [-0.3, -0.25) is 4.79 Å². The Kier molecular flexibility index (Phi) is 8.53. The van der Waals surface area contributed by atoms with E-state index in [4.69, 9.17) is 15.2 Å². The molecule has 0 aliphatic heterocycles. The van der Waals surface area contributed by atoms with E-state index in [0.29, 0.717) is 30.9 Å². The van der Waals surface area contributed by atoms with Gasteiger partial charge in [0.05, 0.1) is 6.61 Å². The first kappa shape index (κ1) is 24.1. The number of hydrogen-bond donors (Lipinski definition) is 2. The summed E-state index contributed by atoms with van der Waals surface area (Å²) < 4.78 is 10.7. The molecule has 2 aromatic rings. The van der Waals surface area contributed by atoms with E-state index >= 15 is 0 Å². The molecule has 1 amide bonds. The predicted octanol–water partition coefficient (Wildman–Crippen LogP) is 4.14. The SMILES string of the molecule is CCN(c1cc(-c2ccc(OCCOC)cc2)cc(C(N)=O)c1C)C1CCC(NC)CC1. The van der Waals surface area contributed by atoms with Crippen molar-refractivity contribution in [3.05, 3.63) is 47.5 Å². The van der Waals surface area contributed by atoms with Gasteiger partial charge < -0.3 is 25.4 Å². The molecule has 0 unspecified atom stereocenters. The van der Waals surface area contributed by atoms with Crippen molar-refractivity contribution in [3.8, 4) is 16.9 Å². The maximum atomic E-state index is 12.3. The Hall–Kier alpha value is -2.57. The van der Waals surface area contributed by atoms with E-state index in [1.165, 1.54) is 12.8 Å². The molecule has 1 aliphatic carbocycles. The molecule has 0 spiro atoms. The van der Waals surface area contributed by atoms with E-state index in [-0.39, 0.29) is 5.91 Å². The number of primary amides is 1. The van der Waals surface area contributed by atoms with Gasteiger partial charge in [0.1, 0.15) is 12.4 Å². The van der Waals surface area contributed by atoms with Crippen LogP contribution in [0.15, 0.2) is 36.4 Å². The third kappa shape index (κ3) is 5.61. The summed E-state index contributed by atoms with van der Waals surface area (Å²) in [6, 6.07) is 13.1. The fourth-order valence-corrected chi connectivity index (χ4v) is 4.71. The molecule has 0 bridgehead atoms. The second kappa shape index (κ2) is 11.3. The van der Waals surface area contributed by atoms with E-state index in [0.717, 1.165) is 47.5 Å². The van der Waals surface area contributed by atoms with E-state index in [2.05, 4.69) is 23.2 Å². The van der Waals surface area contributed by atoms with Crippen LogP contribution in [0, 0.1) is 6.92 Å². The molecule has 32 heavy (non-hydrogen) atoms. The van der Waals surface area contributed by atoms with Crippen molar-refractivity contribution in [2.45, 2.75) is 51.6 Å². The first-order valence-corrected chi connectivity index (χ1v) is 11.6. The molecule has 6 nitrogen and oxygen atoms in total. The van der Waals surface area contributed by atoms with Gasteiger partial charge in [-0.05, 0) is 87.5 Å². The molecule has 0 radical (unpaired) electrons. The maximum Gasteiger partial charge on any atom is 0.249 e. The van der Waals surface area contributed by atoms with Crippen LogP contribution < -0.4 is 20.7 Å². The molecule has 3 rings (SSSR count). The number of nitrogens with two attached hydrogens (primary N) is 1. The predicted molar refractivity (Wildman–Crippen MR) is 131 cm³/mol. The fourth-order valence-electron chi connectivity index (χ4n) is 4.71. The molecule has 1 aliphatic rings. The minimum absolute atomic E-state index is 0.389. The van der Waals surface area contributed by atoms with Gasteiger partial charge in [0.2, 0.25) is 5.91 Å². The quantitative estimate of drug-likeness (QED) is 0.544. The van der Waals surface area contributed by atoms with Gasteiger partial charge in [0.15, 0.2) is 0 Å². The van der Waals surface area contributed by atoms with Crippen molar-refractivity contribution < 1.29 is 14.3 Å². The molecule has 174 valence electrons. The van der Waals surface area contributed by atoms with E-state index in [1.807, 2.05) is 44.3 Å². The summed E-state index contributed by atoms with van der Waals surface area (Å²) in [5, 5.41) is 3.41. The number of carbonyl (C=O) groups is 1. The molecule has 0 heterocycles. The fraction of sp³-hybridized carbons (Fsp3) is 0.500. The number of ether oxygens (including phenoxy) is 2. The highest BCUT2D eigenvalue weighted by Crippen LogP contribution is 2.35. The van der Waals surface area contributed by atoms with E-state index in [9.17, 15) is 4.79 Å². The Morgan fingerprint density at radius 1 is 1.09 bits per heavy atom. The van der Waals surface area contributed by atoms with Crippen molar-refractivity contribution >= 4 is 11.6 Å². The first-order valence-electron chi connectivity index (χ1n) is 11.6. The second-order valence-electron chi connectivity index (χ2n) is 8.48. The molecule has 1 saturated carbocycles. The lowest BCUT2D eigenvalue weighted by atomic mass is 9.89. The summed E-state index contributed by atoms with van der Waals surface area (Å²) in [5.74, 6) is 0.407. The lowest BCUT2D eigenvalue weighted by Crippen LogP contribution is -2.42. The third-order valence-corrected chi connectivity index (χ3v) is 6.59. The number of nitrogens with zero attached hydrogens (tertiary/aromatic N) is 1. The van der Waals surface area contributed by atoms with E-state index in [1.54, 1.807) is 7.11 Å². The first-order chi connectivity index (χ1) is 15.5. The topological polar surface area (TPSA) is 76.8 Å². The molecule has 0 atom stereocenters. The van der Waals surface area contributed by atoms with E-state index < -0.39 is 0 Å². The summed E-state index contributed by atoms with van der Waals surface area (Å²) in [6.07, 6.45) is 4.62. The van der Waals surface area contributed by atoms with Gasteiger partial charge in [0, 0.05) is 37.0 Å². The number of amides is 1. The van der Waals surface area contributed by atoms with Crippen molar-refractivity contribution in [2.75, 3.05) is 38.8 Å². The minimum atomic E-state index is -0.389. The molecule has 6 heteroatoms. The third-order valence-electron chi connectivity index (χ3n) is 6.59. The molecule has 0 saturated heterocycles. The van der Waals surface area contributed by atoms with Gasteiger partial charge in [-0.1, -0.05) is 12.1 Å². The van der Waals surface area contributed by atoms with Crippen molar-refractivity contribution in [2.24, 2.45) is 5.73 Å². The highest BCUT2D eigenvalue weighted by atomic mass is 16.5. The van der Waals surface area contributed by atoms with Crippen molar-refractivity contribution in [1.82, 2.24) is 5.32 Å². The molecular formula is C26H37N3O3. The van der Waals surface area contributed by atoms with Crippen LogP contribution in [-0.4, -0.2) is 51.9 Å². The van der Waals surface area contributed by atoms with Crippen LogP contribution in [0.4, 0.5) is 5.69 Å². The largest absolute Gasteiger partial charge is 0.491 e. The highest BCUT2D eigenvalue weighted by molar-refractivity contribution is 5.97. The van der Waals surface area contributed by atoms with Gasteiger partial charge in [-0.15, -0.1) is 0 Å². The zero-order valence-electron chi connectivity index (χ0n) is 19.8. The number of carbonyl (C=O) groups excluding carboxylic acids is 1. The molecule has 1 fully saturated rings. The average Bonchev–Trinajstić information content (AvgIpc) is 2.81. The highest BCUT2D eigenvalue weighted by Gasteiger charge is 2.27. The Morgan fingerprint density at radius 2 is 1.78 bits per heavy atom. The summed E-state index contributed by atoms with van der Waals surface area (Å²) in [4.78, 5) is 14.7. The second-order valence-corrected chi connectivity index (χ2v) is 8.48. The zero-order chi connectivity index (χ0) is 23.1. The van der Waals surface area contributed by atoms with Crippen LogP contribution >= 0.6 is 0 Å². The zero-order valence-corrected chi connectivity index (χ0v) is 19.8. The molecule has 2 aromatic carbocycles. The smallest absolute Gasteiger partial charge is 0.249 e. The summed E-state index contributed by atoms with van der Waals surface area (Å²) in [7, 11) is 3.70. The number of hydrogen-bond acceptors (Lipinski definition) is 5. The molecule has 3 N–H and O–H groups in total. The van der Waals surface area contributed by atoms with Gasteiger partial charge in [0.25, 0.3) is 0 Å². The van der Waals surface area contributed by atoms with Crippen LogP contribution in [-0.2, 0) is 4.74 Å². The Labute approximate surface area is 192 Å². The minimum Gasteiger partial charge on any atom is -0.491 e. The van der Waals surface area contributed by atoms with Gasteiger partial charge in [-0.2, -0.15) is 0 Å². The number of nitrogens with one attached hydrogen (secondary N) is 1. The van der Waals surface area contributed by atoms with Crippen LogP contribution in [0.25, 0.3) is 11.1 Å². The van der Waals surface area contributed by atoms with Crippen LogP contribution in [0.3, 0.4) is 0 Å². The van der Waals surface area contributed by atoms with Crippen LogP contribution in [0.5, 0.6) is 5.75 Å². The Balaban J connectivity index is 1.92. The standard InChI is InChI=1S/C26H37N3O3/c1-5-29(22-10-8-21(28-3)9-11-22)25-17-20(16-24(18(25)2)26(27)30)19-6-12-23(13-7-19)32-15-14-31-4/h6-7,12-13,16-17,21-22,28H,5,8-11,14-15H2,1-4H3,(H2,27,30). The average molecular weight is 440 g/mol. The van der Waals surface area contributed by atoms with Crippen molar-refractivity contribution in [3.63, 3.8) is 0 Å². The van der Waals surface area contributed by atoms with Gasteiger partial charge >= 0.3 is 0 Å². The molecule has 0 aromatic heterocycles. The summed E-state index contributed by atoms with van der Waals surface area (Å²) in [5.41, 5.74) is 10.4. The monoisotopic (exact) mass is 439 g/mol. The lowest BCUT2D eigenvalue weighted by Gasteiger charge is -2.39. The number of methoxy groups -OCH3 is 1. The van der Waals surface area contributed by atoms with Crippen molar-refractivity contribution in [1.29, 1.82) is 0 Å². The summed E-state index contributed by atoms with van der Waals surface area (Å²) >= 11 is 0. The summed E-state index contributed by atoms with van der Waals surface area (Å²) in [6.45, 7) is 6.15. The number of benzene rings is 2. The maximum absolute atomic E-state index is 12.3. The lowest BCUT2D eigenvalue weighted by molar-refractivity contribution is 0.0999.